The Morgan fingerprint density at radius 2 is 1.86 bits per heavy atom. The zero-order valence-corrected chi connectivity index (χ0v) is 11.8. The smallest absolute Gasteiger partial charge is 0.254 e. The predicted octanol–water partition coefficient (Wildman–Crippen LogP) is 2.50. The minimum absolute atomic E-state index is 0.116. The lowest BCUT2D eigenvalue weighted by molar-refractivity contribution is 0.0303. The Labute approximate surface area is 126 Å². The van der Waals surface area contributed by atoms with Gasteiger partial charge in [-0.3, -0.25) is 9.78 Å². The number of hydrogen-bond acceptors (Lipinski definition) is 3. The van der Waals surface area contributed by atoms with Gasteiger partial charge in [0.05, 0.1) is 18.9 Å². The number of benzene rings is 1. The molecule has 0 bridgehead atoms. The third-order valence-electron chi connectivity index (χ3n) is 3.52. The lowest BCUT2D eigenvalue weighted by Gasteiger charge is -2.26. The number of nitrogens with zero attached hydrogens (tertiary/aromatic N) is 2. The van der Waals surface area contributed by atoms with E-state index in [0.717, 1.165) is 12.1 Å². The number of hydrogen-bond donors (Lipinski definition) is 0. The van der Waals surface area contributed by atoms with E-state index in [2.05, 4.69) is 4.98 Å². The summed E-state index contributed by atoms with van der Waals surface area (Å²) >= 11 is 0. The molecule has 6 heteroatoms. The van der Waals surface area contributed by atoms with Crippen molar-refractivity contribution < 1.29 is 18.3 Å². The number of amides is 1. The molecule has 3 rings (SSSR count). The minimum atomic E-state index is -0.941. The number of carbonyl (C=O) groups is 1. The Hall–Kier alpha value is -2.34. The second-order valence-corrected chi connectivity index (χ2v) is 4.96. The van der Waals surface area contributed by atoms with Gasteiger partial charge in [0, 0.05) is 30.4 Å². The molecule has 0 spiro atoms. The number of ether oxygens (including phenoxy) is 1. The molecule has 22 heavy (non-hydrogen) atoms. The van der Waals surface area contributed by atoms with E-state index in [1.54, 1.807) is 17.0 Å². The summed E-state index contributed by atoms with van der Waals surface area (Å²) < 4.78 is 31.5. The maximum absolute atomic E-state index is 13.3. The fourth-order valence-electron chi connectivity index (χ4n) is 2.33. The molecule has 0 N–H and O–H groups in total. The molecule has 1 aliphatic rings. The maximum Gasteiger partial charge on any atom is 0.254 e. The number of carbonyl (C=O) groups excluding carboxylic acids is 1. The zero-order valence-electron chi connectivity index (χ0n) is 11.8. The summed E-state index contributed by atoms with van der Waals surface area (Å²) in [6, 6.07) is 6.75. The molecular formula is C16H14F2N2O2. The number of rotatable bonds is 2. The first-order valence-corrected chi connectivity index (χ1v) is 6.93. The van der Waals surface area contributed by atoms with Gasteiger partial charge in [-0.15, -0.1) is 0 Å². The van der Waals surface area contributed by atoms with Crippen LogP contribution in [0, 0.1) is 11.6 Å². The van der Waals surface area contributed by atoms with Crippen molar-refractivity contribution in [1.29, 1.82) is 0 Å². The van der Waals surface area contributed by atoms with E-state index in [4.69, 9.17) is 4.74 Å². The molecule has 0 radical (unpaired) electrons. The average Bonchev–Trinajstić information content (AvgIpc) is 2.57. The van der Waals surface area contributed by atoms with Gasteiger partial charge in [0.2, 0.25) is 0 Å². The van der Waals surface area contributed by atoms with Crippen LogP contribution in [0.25, 0.3) is 11.3 Å². The first-order valence-electron chi connectivity index (χ1n) is 6.93. The van der Waals surface area contributed by atoms with E-state index in [-0.39, 0.29) is 5.91 Å². The summed E-state index contributed by atoms with van der Waals surface area (Å²) in [7, 11) is 0. The van der Waals surface area contributed by atoms with Crippen molar-refractivity contribution >= 4 is 5.91 Å². The van der Waals surface area contributed by atoms with Crippen molar-refractivity contribution in [3.63, 3.8) is 0 Å². The molecule has 0 unspecified atom stereocenters. The van der Waals surface area contributed by atoms with Gasteiger partial charge < -0.3 is 9.64 Å². The number of halogens is 2. The highest BCUT2D eigenvalue weighted by atomic mass is 19.2. The van der Waals surface area contributed by atoms with Crippen LogP contribution in [0.1, 0.15) is 10.4 Å². The minimum Gasteiger partial charge on any atom is -0.378 e. The highest BCUT2D eigenvalue weighted by Crippen LogP contribution is 2.21. The average molecular weight is 304 g/mol. The molecule has 1 aromatic heterocycles. The zero-order chi connectivity index (χ0) is 15.5. The Morgan fingerprint density at radius 1 is 1.09 bits per heavy atom. The fraction of sp³-hybridized carbons (Fsp3) is 0.250. The van der Waals surface area contributed by atoms with Gasteiger partial charge in [-0.05, 0) is 30.3 Å². The van der Waals surface area contributed by atoms with E-state index in [9.17, 15) is 13.6 Å². The van der Waals surface area contributed by atoms with Crippen LogP contribution in [0.2, 0.25) is 0 Å². The summed E-state index contributed by atoms with van der Waals surface area (Å²) in [5, 5.41) is 0. The number of aromatic nitrogens is 1. The van der Waals surface area contributed by atoms with Crippen LogP contribution in [-0.2, 0) is 4.74 Å². The van der Waals surface area contributed by atoms with E-state index in [1.807, 2.05) is 0 Å². The van der Waals surface area contributed by atoms with Crippen molar-refractivity contribution in [2.24, 2.45) is 0 Å². The largest absolute Gasteiger partial charge is 0.378 e. The lowest BCUT2D eigenvalue weighted by atomic mass is 10.1. The Balaban J connectivity index is 1.88. The normalized spacial score (nSPS) is 14.9. The Kier molecular flexibility index (Phi) is 4.11. The second-order valence-electron chi connectivity index (χ2n) is 4.96. The van der Waals surface area contributed by atoms with E-state index in [1.165, 1.54) is 12.3 Å². The van der Waals surface area contributed by atoms with Gasteiger partial charge in [0.1, 0.15) is 0 Å². The summed E-state index contributed by atoms with van der Waals surface area (Å²) in [5.74, 6) is -1.97. The van der Waals surface area contributed by atoms with Gasteiger partial charge in [0.15, 0.2) is 11.6 Å². The first-order chi connectivity index (χ1) is 10.6. The highest BCUT2D eigenvalue weighted by molar-refractivity contribution is 5.95. The molecule has 0 aliphatic carbocycles. The summed E-state index contributed by atoms with van der Waals surface area (Å²) in [5.41, 5.74) is 1.32. The molecule has 1 aromatic carbocycles. The van der Waals surface area contributed by atoms with Crippen molar-refractivity contribution in [3.05, 3.63) is 53.7 Å². The molecule has 0 atom stereocenters. The summed E-state index contributed by atoms with van der Waals surface area (Å²) in [6.45, 7) is 2.13. The van der Waals surface area contributed by atoms with Crippen molar-refractivity contribution in [3.8, 4) is 11.3 Å². The third kappa shape index (κ3) is 2.96. The molecular weight excluding hydrogens is 290 g/mol. The molecule has 4 nitrogen and oxygen atoms in total. The van der Waals surface area contributed by atoms with Crippen molar-refractivity contribution in [2.75, 3.05) is 26.3 Å². The topological polar surface area (TPSA) is 42.4 Å². The fourth-order valence-corrected chi connectivity index (χ4v) is 2.33. The quantitative estimate of drug-likeness (QED) is 0.856. The maximum atomic E-state index is 13.3. The third-order valence-corrected chi connectivity index (χ3v) is 3.52. The van der Waals surface area contributed by atoms with Crippen LogP contribution < -0.4 is 0 Å². The molecule has 114 valence electrons. The van der Waals surface area contributed by atoms with Crippen LogP contribution >= 0.6 is 0 Å². The number of morpholine rings is 1. The van der Waals surface area contributed by atoms with Gasteiger partial charge in [0.25, 0.3) is 5.91 Å². The van der Waals surface area contributed by atoms with Gasteiger partial charge >= 0.3 is 0 Å². The summed E-state index contributed by atoms with van der Waals surface area (Å²) in [6.07, 6.45) is 1.49. The summed E-state index contributed by atoms with van der Waals surface area (Å²) in [4.78, 5) is 18.2. The Morgan fingerprint density at radius 3 is 2.59 bits per heavy atom. The molecule has 2 aromatic rings. The monoisotopic (exact) mass is 304 g/mol. The van der Waals surface area contributed by atoms with Crippen molar-refractivity contribution in [1.82, 2.24) is 9.88 Å². The van der Waals surface area contributed by atoms with Crippen LogP contribution in [0.4, 0.5) is 8.78 Å². The molecule has 1 saturated heterocycles. The van der Waals surface area contributed by atoms with E-state index >= 15 is 0 Å². The second kappa shape index (κ2) is 6.19. The van der Waals surface area contributed by atoms with E-state index in [0.29, 0.717) is 43.1 Å². The molecule has 1 fully saturated rings. The van der Waals surface area contributed by atoms with Gasteiger partial charge in [-0.2, -0.15) is 0 Å². The van der Waals surface area contributed by atoms with Crippen LogP contribution in [0.3, 0.4) is 0 Å². The molecule has 1 aliphatic heterocycles. The van der Waals surface area contributed by atoms with Gasteiger partial charge in [-0.1, -0.05) is 0 Å². The van der Waals surface area contributed by atoms with Crippen LogP contribution in [-0.4, -0.2) is 42.1 Å². The highest BCUT2D eigenvalue weighted by Gasteiger charge is 2.19. The lowest BCUT2D eigenvalue weighted by Crippen LogP contribution is -2.40. The van der Waals surface area contributed by atoms with Gasteiger partial charge in [-0.25, -0.2) is 8.78 Å². The molecule has 1 amide bonds. The van der Waals surface area contributed by atoms with Crippen molar-refractivity contribution in [2.45, 2.75) is 0 Å². The SMILES string of the molecule is O=C(c1ccnc(-c2ccc(F)c(F)c2)c1)N1CCOCC1. The first kappa shape index (κ1) is 14.6. The molecule has 0 saturated carbocycles. The number of pyridine rings is 1. The predicted molar refractivity (Wildman–Crippen MR) is 76.3 cm³/mol. The van der Waals surface area contributed by atoms with E-state index < -0.39 is 11.6 Å². The standard InChI is InChI=1S/C16H14F2N2O2/c17-13-2-1-11(9-14(13)18)15-10-12(3-4-19-15)16(21)20-5-7-22-8-6-20/h1-4,9-10H,5-8H2. The van der Waals surface area contributed by atoms with Crippen LogP contribution in [0.15, 0.2) is 36.5 Å². The Bertz CT molecular complexity index is 700. The van der Waals surface area contributed by atoms with Crippen LogP contribution in [0.5, 0.6) is 0 Å². The molecule has 2 heterocycles.